The Morgan fingerprint density at radius 2 is 2.10 bits per heavy atom. The highest BCUT2D eigenvalue weighted by atomic mass is 32.2. The minimum absolute atomic E-state index is 0.0409. The molecular formula is C13H15N3O3S2. The molecule has 3 N–H and O–H groups in total. The van der Waals surface area contributed by atoms with E-state index in [9.17, 15) is 8.42 Å². The van der Waals surface area contributed by atoms with E-state index in [2.05, 4.69) is 9.88 Å². The quantitative estimate of drug-likeness (QED) is 0.807. The molecule has 0 amide bonds. The number of benzene rings is 1. The Balaban J connectivity index is 2.19. The maximum absolute atomic E-state index is 12.2. The van der Waals surface area contributed by atoms with Crippen LogP contribution in [0.25, 0.3) is 0 Å². The van der Waals surface area contributed by atoms with Gasteiger partial charge < -0.3 is 10.3 Å². The molecule has 0 aliphatic heterocycles. The lowest BCUT2D eigenvalue weighted by atomic mass is 10.1. The van der Waals surface area contributed by atoms with Crippen molar-refractivity contribution in [2.75, 3.05) is 0 Å². The average molecular weight is 325 g/mol. The molecule has 2 aromatic rings. The SMILES string of the molecule is Cc1cc(CNS(=O)(=O)c2ccc(C(N)=S)c(C)c2)on1. The summed E-state index contributed by atoms with van der Waals surface area (Å²) < 4.78 is 31.8. The van der Waals surface area contributed by atoms with Crippen LogP contribution in [0.15, 0.2) is 33.7 Å². The molecule has 0 atom stereocenters. The zero-order valence-corrected chi connectivity index (χ0v) is 13.2. The third kappa shape index (κ3) is 3.66. The van der Waals surface area contributed by atoms with Crippen molar-refractivity contribution in [3.8, 4) is 0 Å². The first-order valence-electron chi connectivity index (χ1n) is 6.12. The molecule has 21 heavy (non-hydrogen) atoms. The fourth-order valence-electron chi connectivity index (χ4n) is 1.83. The van der Waals surface area contributed by atoms with E-state index in [-0.39, 0.29) is 16.4 Å². The second kappa shape index (κ2) is 5.92. The summed E-state index contributed by atoms with van der Waals surface area (Å²) in [5.74, 6) is 0.451. The first-order valence-corrected chi connectivity index (χ1v) is 8.01. The van der Waals surface area contributed by atoms with Crippen LogP contribution in [0.1, 0.15) is 22.6 Å². The van der Waals surface area contributed by atoms with Crippen molar-refractivity contribution in [2.24, 2.45) is 5.73 Å². The van der Waals surface area contributed by atoms with Crippen LogP contribution in [0.4, 0.5) is 0 Å². The van der Waals surface area contributed by atoms with Gasteiger partial charge in [0.2, 0.25) is 10.0 Å². The van der Waals surface area contributed by atoms with Crippen LogP contribution < -0.4 is 10.5 Å². The Morgan fingerprint density at radius 3 is 2.62 bits per heavy atom. The van der Waals surface area contributed by atoms with E-state index < -0.39 is 10.0 Å². The van der Waals surface area contributed by atoms with Gasteiger partial charge in [-0.25, -0.2) is 13.1 Å². The number of sulfonamides is 1. The van der Waals surface area contributed by atoms with E-state index in [1.54, 1.807) is 26.0 Å². The van der Waals surface area contributed by atoms with Crippen molar-refractivity contribution in [3.63, 3.8) is 0 Å². The highest BCUT2D eigenvalue weighted by Crippen LogP contribution is 2.16. The van der Waals surface area contributed by atoms with Crippen molar-refractivity contribution in [2.45, 2.75) is 25.3 Å². The number of aryl methyl sites for hydroxylation is 2. The van der Waals surface area contributed by atoms with E-state index in [4.69, 9.17) is 22.5 Å². The normalized spacial score (nSPS) is 11.5. The molecule has 112 valence electrons. The second-order valence-corrected chi connectivity index (χ2v) is 6.81. The Morgan fingerprint density at radius 1 is 1.38 bits per heavy atom. The van der Waals surface area contributed by atoms with Crippen LogP contribution in [0, 0.1) is 13.8 Å². The number of hydrogen-bond acceptors (Lipinski definition) is 5. The summed E-state index contributed by atoms with van der Waals surface area (Å²) in [7, 11) is -3.64. The molecule has 0 aliphatic carbocycles. The molecule has 1 aromatic carbocycles. The summed E-state index contributed by atoms with van der Waals surface area (Å²) in [6.07, 6.45) is 0. The Hall–Kier alpha value is -1.77. The zero-order chi connectivity index (χ0) is 15.6. The molecule has 0 saturated carbocycles. The second-order valence-electron chi connectivity index (χ2n) is 4.60. The number of nitrogens with one attached hydrogen (secondary N) is 1. The van der Waals surface area contributed by atoms with E-state index in [0.29, 0.717) is 22.6 Å². The van der Waals surface area contributed by atoms with Crippen molar-refractivity contribution in [3.05, 3.63) is 46.8 Å². The van der Waals surface area contributed by atoms with E-state index in [1.807, 2.05) is 0 Å². The molecule has 0 fully saturated rings. The average Bonchev–Trinajstić information content (AvgIpc) is 2.82. The largest absolute Gasteiger partial charge is 0.389 e. The summed E-state index contributed by atoms with van der Waals surface area (Å²) in [4.78, 5) is 0.387. The predicted octanol–water partition coefficient (Wildman–Crippen LogP) is 1.40. The molecule has 0 saturated heterocycles. The van der Waals surface area contributed by atoms with Gasteiger partial charge in [0, 0.05) is 11.6 Å². The minimum atomic E-state index is -3.64. The van der Waals surface area contributed by atoms with Crippen molar-refractivity contribution < 1.29 is 12.9 Å². The van der Waals surface area contributed by atoms with Crippen molar-refractivity contribution >= 4 is 27.2 Å². The van der Waals surface area contributed by atoms with Gasteiger partial charge in [0.05, 0.1) is 17.1 Å². The van der Waals surface area contributed by atoms with Gasteiger partial charge in [-0.2, -0.15) is 0 Å². The molecule has 1 heterocycles. The summed E-state index contributed by atoms with van der Waals surface area (Å²) in [6.45, 7) is 3.56. The number of thiocarbonyl (C=S) groups is 1. The molecule has 6 nitrogen and oxygen atoms in total. The summed E-state index contributed by atoms with van der Waals surface area (Å²) in [6, 6.07) is 6.27. The molecule has 0 aliphatic rings. The van der Waals surface area contributed by atoms with Crippen LogP contribution in [0.5, 0.6) is 0 Å². The molecule has 1 aromatic heterocycles. The lowest BCUT2D eigenvalue weighted by Gasteiger charge is -2.08. The van der Waals surface area contributed by atoms with E-state index in [0.717, 1.165) is 0 Å². The maximum atomic E-state index is 12.2. The van der Waals surface area contributed by atoms with Crippen molar-refractivity contribution in [1.29, 1.82) is 0 Å². The topological polar surface area (TPSA) is 98.2 Å². The number of nitrogens with two attached hydrogens (primary N) is 1. The number of hydrogen-bond donors (Lipinski definition) is 2. The molecule has 8 heteroatoms. The summed E-state index contributed by atoms with van der Waals surface area (Å²) in [5, 5.41) is 3.70. The summed E-state index contributed by atoms with van der Waals surface area (Å²) >= 11 is 4.90. The third-order valence-corrected chi connectivity index (χ3v) is 4.51. The van der Waals surface area contributed by atoms with Crippen LogP contribution in [0.2, 0.25) is 0 Å². The van der Waals surface area contributed by atoms with Crippen molar-refractivity contribution in [1.82, 2.24) is 9.88 Å². The highest BCUT2D eigenvalue weighted by Gasteiger charge is 2.16. The van der Waals surface area contributed by atoms with E-state index in [1.165, 1.54) is 12.1 Å². The third-order valence-electron chi connectivity index (χ3n) is 2.89. The Bertz CT molecular complexity index is 782. The Kier molecular flexibility index (Phi) is 4.40. The molecule has 2 rings (SSSR count). The first-order chi connectivity index (χ1) is 9.79. The molecule has 0 bridgehead atoms. The molecule has 0 radical (unpaired) electrons. The van der Waals surface area contributed by atoms with Crippen LogP contribution in [0.3, 0.4) is 0 Å². The minimum Gasteiger partial charge on any atom is -0.389 e. The van der Waals surface area contributed by atoms with Crippen LogP contribution in [-0.4, -0.2) is 18.6 Å². The number of nitrogens with zero attached hydrogens (tertiary/aromatic N) is 1. The zero-order valence-electron chi connectivity index (χ0n) is 11.6. The molecule has 0 spiro atoms. The van der Waals surface area contributed by atoms with E-state index >= 15 is 0 Å². The van der Waals surface area contributed by atoms with Crippen LogP contribution >= 0.6 is 12.2 Å². The standard InChI is InChI=1S/C13H15N3O3S2/c1-8-5-11(3-4-12(8)13(14)20)21(17,18)15-7-10-6-9(2)16-19-10/h3-6,15H,7H2,1-2H3,(H2,14,20). The molecular weight excluding hydrogens is 310 g/mol. The fraction of sp³-hybridized carbons (Fsp3) is 0.231. The fourth-order valence-corrected chi connectivity index (χ4v) is 3.14. The van der Waals surface area contributed by atoms with Gasteiger partial charge in [-0.05, 0) is 31.5 Å². The lowest BCUT2D eigenvalue weighted by molar-refractivity contribution is 0.377. The lowest BCUT2D eigenvalue weighted by Crippen LogP contribution is -2.23. The predicted molar refractivity (Wildman–Crippen MR) is 82.3 cm³/mol. The monoisotopic (exact) mass is 325 g/mol. The smallest absolute Gasteiger partial charge is 0.240 e. The highest BCUT2D eigenvalue weighted by molar-refractivity contribution is 7.89. The maximum Gasteiger partial charge on any atom is 0.240 e. The number of aromatic nitrogens is 1. The van der Waals surface area contributed by atoms with Gasteiger partial charge in [-0.3, -0.25) is 0 Å². The van der Waals surface area contributed by atoms with Gasteiger partial charge >= 0.3 is 0 Å². The van der Waals surface area contributed by atoms with Gasteiger partial charge in [-0.15, -0.1) is 0 Å². The Labute approximate surface area is 128 Å². The number of rotatable bonds is 5. The van der Waals surface area contributed by atoms with Gasteiger partial charge in [-0.1, -0.05) is 23.4 Å². The molecule has 0 unspecified atom stereocenters. The first kappa shape index (κ1) is 15.6. The van der Waals surface area contributed by atoms with Gasteiger partial charge in [0.25, 0.3) is 0 Å². The van der Waals surface area contributed by atoms with Gasteiger partial charge in [0.15, 0.2) is 5.76 Å². The van der Waals surface area contributed by atoms with Gasteiger partial charge in [0.1, 0.15) is 4.99 Å². The summed E-state index contributed by atoms with van der Waals surface area (Å²) in [5.41, 5.74) is 7.62. The van der Waals surface area contributed by atoms with Crippen LogP contribution in [-0.2, 0) is 16.6 Å².